The fourth-order valence-electron chi connectivity index (χ4n) is 7.13. The molecular formula is C35H49N5O6S. The lowest BCUT2D eigenvalue weighted by Crippen LogP contribution is -2.57. The Morgan fingerprint density at radius 2 is 1.94 bits per heavy atom. The van der Waals surface area contributed by atoms with Crippen molar-refractivity contribution in [3.63, 3.8) is 0 Å². The third kappa shape index (κ3) is 7.60. The van der Waals surface area contributed by atoms with Crippen LogP contribution < -0.4 is 25.2 Å². The average Bonchev–Trinajstić information content (AvgIpc) is 3.92. The van der Waals surface area contributed by atoms with Gasteiger partial charge in [-0.2, -0.15) is 0 Å². The van der Waals surface area contributed by atoms with Crippen molar-refractivity contribution in [1.82, 2.24) is 19.9 Å². The number of aromatic nitrogens is 1. The van der Waals surface area contributed by atoms with Crippen molar-refractivity contribution in [2.45, 2.75) is 108 Å². The Bertz CT molecular complexity index is 1630. The lowest BCUT2D eigenvalue weighted by atomic mass is 9.88. The number of pyridine rings is 1. The van der Waals surface area contributed by atoms with E-state index in [1.807, 2.05) is 44.2 Å². The predicted molar refractivity (Wildman–Crippen MR) is 180 cm³/mol. The van der Waals surface area contributed by atoms with E-state index in [1.165, 1.54) is 0 Å². The number of carbonyl (C=O) groups excluding carboxylic acids is 2. The van der Waals surface area contributed by atoms with Crippen LogP contribution in [0.5, 0.6) is 11.6 Å². The molecular weight excluding hydrogens is 618 g/mol. The Kier molecular flexibility index (Phi) is 9.57. The number of hydrogen-bond donors (Lipinski definition) is 3. The predicted octanol–water partition coefficient (Wildman–Crippen LogP) is 3.67. The number of fused-ring (bicyclic) bond motifs is 3. The number of hydrogen-bond acceptors (Lipinski definition) is 9. The van der Waals surface area contributed by atoms with E-state index < -0.39 is 32.8 Å². The molecule has 3 heterocycles. The highest BCUT2D eigenvalue weighted by Crippen LogP contribution is 2.46. The number of nitrogens with one attached hydrogen (secondary N) is 2. The van der Waals surface area contributed by atoms with Crippen molar-refractivity contribution >= 4 is 32.6 Å². The van der Waals surface area contributed by atoms with Gasteiger partial charge in [0.25, 0.3) is 5.91 Å². The number of nitrogens with two attached hydrogens (primary N) is 1. The Hall–Kier alpha value is -3.22. The van der Waals surface area contributed by atoms with E-state index in [4.69, 9.17) is 15.2 Å². The molecule has 4 N–H and O–H groups in total. The molecule has 1 saturated heterocycles. The summed E-state index contributed by atoms with van der Waals surface area (Å²) in [5.41, 5.74) is 5.46. The summed E-state index contributed by atoms with van der Waals surface area (Å²) < 4.78 is 40.1. The zero-order valence-corrected chi connectivity index (χ0v) is 28.7. The molecule has 0 spiro atoms. The van der Waals surface area contributed by atoms with E-state index in [2.05, 4.69) is 39.8 Å². The van der Waals surface area contributed by atoms with E-state index in [-0.39, 0.29) is 36.0 Å². The molecule has 47 heavy (non-hydrogen) atoms. The first kappa shape index (κ1) is 33.7. The van der Waals surface area contributed by atoms with Crippen LogP contribution in [0.3, 0.4) is 0 Å². The second kappa shape index (κ2) is 13.4. The summed E-state index contributed by atoms with van der Waals surface area (Å²) >= 11 is 0. The van der Waals surface area contributed by atoms with Crippen molar-refractivity contribution in [1.29, 1.82) is 0 Å². The monoisotopic (exact) mass is 667 g/mol. The van der Waals surface area contributed by atoms with Crippen LogP contribution >= 0.6 is 0 Å². The van der Waals surface area contributed by atoms with Crippen molar-refractivity contribution in [3.05, 3.63) is 42.6 Å². The van der Waals surface area contributed by atoms with Crippen LogP contribution in [0.15, 0.2) is 42.6 Å². The first-order chi connectivity index (χ1) is 22.3. The number of rotatable bonds is 7. The van der Waals surface area contributed by atoms with Crippen molar-refractivity contribution in [2.75, 3.05) is 13.1 Å². The number of amides is 2. The normalized spacial score (nSPS) is 32.1. The number of sulfonamides is 1. The summed E-state index contributed by atoms with van der Waals surface area (Å²) in [6, 6.07) is 6.93. The molecule has 2 saturated carbocycles. The molecule has 11 nitrogen and oxygen atoms in total. The molecule has 256 valence electrons. The molecule has 0 bridgehead atoms. The number of allylic oxidation sites excluding steroid dienone is 1. The third-order valence-electron chi connectivity index (χ3n) is 10.1. The molecule has 1 aromatic heterocycles. The molecule has 2 aliphatic heterocycles. The standard InChI is InChI=1S/C35H49N5O6S/c1-21(2)45-26-9-12-29-24(16-26)13-14-37-33(29)46-27-17-31-32(41)38-35(34(42)39-47(43,44)28-10-11-28)18-25(35)8-6-5-7-22(3)15-23(4)30(36)20-40(31)19-27/h6,8-9,12-14,16,21-23,25,27-28,30-31H,5,7,10-11,15,17-20,36H2,1-4H3,(H,38,41)(H,39,42). The summed E-state index contributed by atoms with van der Waals surface area (Å²) in [5, 5.41) is 4.26. The molecule has 3 fully saturated rings. The second-order valence-corrected chi connectivity index (χ2v) is 16.5. The molecule has 6 rings (SSSR count). The Balaban J connectivity index is 1.25. The highest BCUT2D eigenvalue weighted by Gasteiger charge is 2.62. The minimum absolute atomic E-state index is 0.0486. The van der Waals surface area contributed by atoms with E-state index >= 15 is 0 Å². The van der Waals surface area contributed by atoms with E-state index in [1.54, 1.807) is 6.20 Å². The SMILES string of the molecule is CC1CCC=CC2CC2(C(=O)NS(=O)(=O)C2CC2)NC(=O)C2CC(Oc3nccc4cc(OC(C)C)ccc34)CN2CC(N)C(C)C1. The van der Waals surface area contributed by atoms with Gasteiger partial charge in [-0.15, -0.1) is 0 Å². The Morgan fingerprint density at radius 3 is 2.68 bits per heavy atom. The summed E-state index contributed by atoms with van der Waals surface area (Å²) in [5.74, 6) is 0.671. The van der Waals surface area contributed by atoms with Gasteiger partial charge < -0.3 is 20.5 Å². The van der Waals surface area contributed by atoms with Gasteiger partial charge in [0.05, 0.1) is 17.4 Å². The van der Waals surface area contributed by atoms with Crippen molar-refractivity contribution < 1.29 is 27.5 Å². The quantitative estimate of drug-likeness (QED) is 0.376. The smallest absolute Gasteiger partial charge is 0.259 e. The molecule has 4 aliphatic rings. The molecule has 7 atom stereocenters. The number of carbonyl (C=O) groups is 2. The highest BCUT2D eigenvalue weighted by atomic mass is 32.2. The maximum Gasteiger partial charge on any atom is 0.259 e. The fraction of sp³-hybridized carbons (Fsp3) is 0.629. The van der Waals surface area contributed by atoms with Crippen molar-refractivity contribution in [3.8, 4) is 11.6 Å². The van der Waals surface area contributed by atoms with Crippen LogP contribution in [0, 0.1) is 17.8 Å². The highest BCUT2D eigenvalue weighted by molar-refractivity contribution is 7.91. The van der Waals surface area contributed by atoms with Gasteiger partial charge in [-0.1, -0.05) is 26.0 Å². The van der Waals surface area contributed by atoms with Crippen LogP contribution in [0.4, 0.5) is 0 Å². The van der Waals surface area contributed by atoms with Crippen molar-refractivity contribution in [2.24, 2.45) is 23.5 Å². The van der Waals surface area contributed by atoms with Crippen LogP contribution in [-0.4, -0.2) is 78.3 Å². The average molecular weight is 668 g/mol. The Labute approximate surface area is 278 Å². The van der Waals surface area contributed by atoms with Gasteiger partial charge in [0.2, 0.25) is 21.8 Å². The third-order valence-corrected chi connectivity index (χ3v) is 11.9. The lowest BCUT2D eigenvalue weighted by Gasteiger charge is -2.31. The van der Waals surface area contributed by atoms with Gasteiger partial charge in [0.1, 0.15) is 17.4 Å². The fourth-order valence-corrected chi connectivity index (χ4v) is 8.50. The van der Waals surface area contributed by atoms with E-state index in [9.17, 15) is 18.0 Å². The summed E-state index contributed by atoms with van der Waals surface area (Å²) in [6.45, 7) is 9.31. The van der Waals surface area contributed by atoms with Gasteiger partial charge in [-0.25, -0.2) is 13.4 Å². The minimum Gasteiger partial charge on any atom is -0.491 e. The van der Waals surface area contributed by atoms with E-state index in [0.29, 0.717) is 50.6 Å². The molecule has 2 amide bonds. The van der Waals surface area contributed by atoms with E-state index in [0.717, 1.165) is 35.8 Å². The second-order valence-electron chi connectivity index (χ2n) is 14.5. The number of nitrogens with zero attached hydrogens (tertiary/aromatic N) is 2. The van der Waals surface area contributed by atoms with Gasteiger partial charge in [-0.3, -0.25) is 19.2 Å². The largest absolute Gasteiger partial charge is 0.491 e. The zero-order chi connectivity index (χ0) is 33.5. The van der Waals surface area contributed by atoms with Crippen LogP contribution in [0.1, 0.15) is 72.6 Å². The van der Waals surface area contributed by atoms with Gasteiger partial charge in [0.15, 0.2) is 0 Å². The lowest BCUT2D eigenvalue weighted by molar-refractivity contribution is -0.132. The van der Waals surface area contributed by atoms with Gasteiger partial charge in [-0.05, 0) is 93.9 Å². The minimum atomic E-state index is -3.78. The molecule has 12 heteroatoms. The topological polar surface area (TPSA) is 153 Å². The maximum atomic E-state index is 14.1. The molecule has 2 aliphatic carbocycles. The molecule has 1 aromatic carbocycles. The van der Waals surface area contributed by atoms with Gasteiger partial charge >= 0.3 is 0 Å². The summed E-state index contributed by atoms with van der Waals surface area (Å²) in [4.78, 5) is 34.3. The van der Waals surface area contributed by atoms with Crippen LogP contribution in [0.2, 0.25) is 0 Å². The molecule has 2 aromatic rings. The number of ether oxygens (including phenoxy) is 2. The summed E-state index contributed by atoms with van der Waals surface area (Å²) in [7, 11) is -3.78. The Morgan fingerprint density at radius 1 is 1.15 bits per heavy atom. The summed E-state index contributed by atoms with van der Waals surface area (Å²) in [6.07, 6.45) is 10.0. The van der Waals surface area contributed by atoms with Gasteiger partial charge in [0, 0.05) is 43.1 Å². The first-order valence-corrected chi connectivity index (χ1v) is 18.7. The first-order valence-electron chi connectivity index (χ1n) is 17.1. The zero-order valence-electron chi connectivity index (χ0n) is 27.9. The molecule has 7 unspecified atom stereocenters. The number of benzene rings is 1. The van der Waals surface area contributed by atoms with Crippen LogP contribution in [-0.2, 0) is 19.6 Å². The molecule has 0 radical (unpaired) electrons. The maximum absolute atomic E-state index is 14.1. The van der Waals surface area contributed by atoms with Crippen LogP contribution in [0.25, 0.3) is 10.8 Å².